The van der Waals surface area contributed by atoms with E-state index in [2.05, 4.69) is 31.3 Å². The highest BCUT2D eigenvalue weighted by Crippen LogP contribution is 2.16. The molecular weight excluding hydrogens is 667 g/mol. The highest BCUT2D eigenvalue weighted by atomic mass is 16.3. The Morgan fingerprint density at radius 1 is 0.444 bits per heavy atom. The van der Waals surface area contributed by atoms with Crippen molar-refractivity contribution in [3.8, 4) is 0 Å². The fraction of sp³-hybridized carbons (Fsp3) is 0.898. The van der Waals surface area contributed by atoms with Gasteiger partial charge in [-0.3, -0.25) is 4.79 Å². The van der Waals surface area contributed by atoms with Crippen molar-refractivity contribution in [1.29, 1.82) is 0 Å². The summed E-state index contributed by atoms with van der Waals surface area (Å²) in [5, 5.41) is 33.1. The lowest BCUT2D eigenvalue weighted by Crippen LogP contribution is -2.48. The van der Waals surface area contributed by atoms with E-state index in [-0.39, 0.29) is 6.61 Å². The van der Waals surface area contributed by atoms with Gasteiger partial charge in [-0.2, -0.15) is 0 Å². The van der Waals surface area contributed by atoms with Crippen molar-refractivity contribution in [2.75, 3.05) is 6.61 Å². The van der Waals surface area contributed by atoms with E-state index in [1.165, 1.54) is 205 Å². The smallest absolute Gasteiger partial charge is 0.249 e. The minimum Gasteiger partial charge on any atom is -0.394 e. The first-order chi connectivity index (χ1) is 26.6. The standard InChI is InChI=1S/C49H95NO4/c1-3-5-7-9-11-13-15-17-18-19-20-21-22-23-24-25-26-27-28-29-30-31-32-34-36-38-40-42-44-48(53)49(54)50-46(45-51)47(52)43-41-39-37-35-33-16-14-12-10-8-6-4-2/h23-24,41,43,46-48,51-53H,3-22,25-40,42,44-45H2,1-2H3,(H,50,54)/b24-23-,43-41+. The SMILES string of the molecule is CCCCCCCCCCCC/C=C/C(O)C(CO)NC(=O)C(O)CCCCCCCCCCCCCC/C=C\CCCCCCCCCCCCCC. The summed E-state index contributed by atoms with van der Waals surface area (Å²) in [6, 6.07) is -0.795. The lowest BCUT2D eigenvalue weighted by Gasteiger charge is -2.21. The Morgan fingerprint density at radius 2 is 0.741 bits per heavy atom. The fourth-order valence-electron chi connectivity index (χ4n) is 7.47. The molecule has 0 aromatic carbocycles. The van der Waals surface area contributed by atoms with Gasteiger partial charge in [0.05, 0.1) is 18.8 Å². The van der Waals surface area contributed by atoms with Crippen LogP contribution in [0.4, 0.5) is 0 Å². The quantitative estimate of drug-likeness (QED) is 0.0368. The van der Waals surface area contributed by atoms with Gasteiger partial charge in [0.15, 0.2) is 0 Å². The van der Waals surface area contributed by atoms with E-state index >= 15 is 0 Å². The number of hydrogen-bond donors (Lipinski definition) is 4. The van der Waals surface area contributed by atoms with Crippen LogP contribution in [0.1, 0.15) is 258 Å². The van der Waals surface area contributed by atoms with Crippen LogP contribution in [0, 0.1) is 0 Å². The zero-order valence-corrected chi connectivity index (χ0v) is 36.4. The molecule has 3 unspecified atom stereocenters. The number of unbranched alkanes of at least 4 members (excludes halogenated alkanes) is 34. The third-order valence-electron chi connectivity index (χ3n) is 11.3. The Balaban J connectivity index is 3.55. The molecule has 0 aromatic heterocycles. The molecule has 0 bridgehead atoms. The van der Waals surface area contributed by atoms with Crippen LogP contribution >= 0.6 is 0 Å². The van der Waals surface area contributed by atoms with E-state index in [0.29, 0.717) is 6.42 Å². The normalized spacial score (nSPS) is 13.6. The molecule has 3 atom stereocenters. The average molecular weight is 762 g/mol. The number of nitrogens with one attached hydrogen (secondary N) is 1. The molecule has 0 spiro atoms. The summed E-state index contributed by atoms with van der Waals surface area (Å²) in [6.07, 6.45) is 55.2. The summed E-state index contributed by atoms with van der Waals surface area (Å²) < 4.78 is 0. The van der Waals surface area contributed by atoms with E-state index in [1.54, 1.807) is 6.08 Å². The zero-order chi connectivity index (χ0) is 39.4. The second kappa shape index (κ2) is 44.5. The van der Waals surface area contributed by atoms with Crippen LogP contribution in [0.5, 0.6) is 0 Å². The minimum atomic E-state index is -1.10. The first kappa shape index (κ1) is 52.8. The molecule has 4 N–H and O–H groups in total. The molecular formula is C49H95NO4. The number of carbonyl (C=O) groups is 1. The molecule has 5 heteroatoms. The van der Waals surface area contributed by atoms with Crippen molar-refractivity contribution >= 4 is 5.91 Å². The van der Waals surface area contributed by atoms with Crippen molar-refractivity contribution in [3.05, 3.63) is 24.3 Å². The molecule has 0 heterocycles. The maximum atomic E-state index is 12.5. The monoisotopic (exact) mass is 762 g/mol. The third-order valence-corrected chi connectivity index (χ3v) is 11.3. The molecule has 5 nitrogen and oxygen atoms in total. The molecule has 0 fully saturated rings. The predicted octanol–water partition coefficient (Wildman–Crippen LogP) is 14.2. The van der Waals surface area contributed by atoms with Gasteiger partial charge in [0.1, 0.15) is 6.10 Å². The minimum absolute atomic E-state index is 0.362. The molecule has 320 valence electrons. The van der Waals surface area contributed by atoms with Crippen molar-refractivity contribution < 1.29 is 20.1 Å². The largest absolute Gasteiger partial charge is 0.394 e. The van der Waals surface area contributed by atoms with Crippen LogP contribution < -0.4 is 5.32 Å². The average Bonchev–Trinajstić information content (AvgIpc) is 3.18. The van der Waals surface area contributed by atoms with E-state index in [0.717, 1.165) is 32.1 Å². The van der Waals surface area contributed by atoms with Crippen LogP contribution in [0.15, 0.2) is 24.3 Å². The lowest BCUT2D eigenvalue weighted by atomic mass is 10.0. The second-order valence-corrected chi connectivity index (χ2v) is 16.7. The first-order valence-corrected chi connectivity index (χ1v) is 24.2. The molecule has 0 saturated carbocycles. The third kappa shape index (κ3) is 39.1. The maximum absolute atomic E-state index is 12.5. The van der Waals surface area contributed by atoms with Gasteiger partial charge in [-0.15, -0.1) is 0 Å². The number of hydrogen-bond acceptors (Lipinski definition) is 4. The number of aliphatic hydroxyl groups excluding tert-OH is 3. The van der Waals surface area contributed by atoms with Gasteiger partial charge in [-0.25, -0.2) is 0 Å². The summed E-state index contributed by atoms with van der Waals surface area (Å²) in [4.78, 5) is 12.5. The Bertz CT molecular complexity index is 799. The summed E-state index contributed by atoms with van der Waals surface area (Å²) in [5.41, 5.74) is 0. The van der Waals surface area contributed by atoms with Gasteiger partial charge < -0.3 is 20.6 Å². The van der Waals surface area contributed by atoms with Crippen molar-refractivity contribution in [2.24, 2.45) is 0 Å². The van der Waals surface area contributed by atoms with Gasteiger partial charge in [0, 0.05) is 0 Å². The molecule has 0 radical (unpaired) electrons. The van der Waals surface area contributed by atoms with Crippen LogP contribution in [-0.4, -0.2) is 46.1 Å². The van der Waals surface area contributed by atoms with E-state index in [4.69, 9.17) is 0 Å². The van der Waals surface area contributed by atoms with Gasteiger partial charge in [0.25, 0.3) is 0 Å². The summed E-state index contributed by atoms with van der Waals surface area (Å²) in [6.45, 7) is 4.18. The Labute approximate surface area is 337 Å². The van der Waals surface area contributed by atoms with Gasteiger partial charge >= 0.3 is 0 Å². The fourth-order valence-corrected chi connectivity index (χ4v) is 7.47. The summed E-state index contributed by atoms with van der Waals surface area (Å²) >= 11 is 0. The Hall–Kier alpha value is -1.17. The molecule has 0 saturated heterocycles. The summed E-state index contributed by atoms with van der Waals surface area (Å²) in [5.74, 6) is -0.502. The van der Waals surface area contributed by atoms with Crippen molar-refractivity contribution in [1.82, 2.24) is 5.32 Å². The summed E-state index contributed by atoms with van der Waals surface area (Å²) in [7, 11) is 0. The highest BCUT2D eigenvalue weighted by molar-refractivity contribution is 5.80. The number of rotatable bonds is 44. The van der Waals surface area contributed by atoms with E-state index in [9.17, 15) is 20.1 Å². The van der Waals surface area contributed by atoms with E-state index < -0.39 is 24.2 Å². The number of carbonyl (C=O) groups excluding carboxylic acids is 1. The molecule has 54 heavy (non-hydrogen) atoms. The van der Waals surface area contributed by atoms with Gasteiger partial charge in [-0.1, -0.05) is 237 Å². The zero-order valence-electron chi connectivity index (χ0n) is 36.4. The van der Waals surface area contributed by atoms with Crippen molar-refractivity contribution in [3.63, 3.8) is 0 Å². The molecule has 0 aromatic rings. The number of amides is 1. The van der Waals surface area contributed by atoms with Gasteiger partial charge in [-0.05, 0) is 44.9 Å². The van der Waals surface area contributed by atoms with Crippen LogP contribution in [0.2, 0.25) is 0 Å². The molecule has 1 amide bonds. The molecule has 0 aliphatic carbocycles. The predicted molar refractivity (Wildman–Crippen MR) is 236 cm³/mol. The topological polar surface area (TPSA) is 89.8 Å². The first-order valence-electron chi connectivity index (χ1n) is 24.2. The molecule has 0 rings (SSSR count). The second-order valence-electron chi connectivity index (χ2n) is 16.7. The Morgan fingerprint density at radius 3 is 1.07 bits per heavy atom. The highest BCUT2D eigenvalue weighted by Gasteiger charge is 2.22. The van der Waals surface area contributed by atoms with Crippen molar-refractivity contribution in [2.45, 2.75) is 276 Å². The number of aliphatic hydroxyl groups is 3. The van der Waals surface area contributed by atoms with Crippen LogP contribution in [0.25, 0.3) is 0 Å². The number of allylic oxidation sites excluding steroid dienone is 3. The molecule has 0 aliphatic heterocycles. The van der Waals surface area contributed by atoms with Crippen LogP contribution in [0.3, 0.4) is 0 Å². The lowest BCUT2D eigenvalue weighted by molar-refractivity contribution is -0.131. The van der Waals surface area contributed by atoms with Crippen LogP contribution in [-0.2, 0) is 4.79 Å². The molecule has 0 aliphatic rings. The maximum Gasteiger partial charge on any atom is 0.249 e. The Kier molecular flexibility index (Phi) is 43.6. The van der Waals surface area contributed by atoms with E-state index in [1.807, 2.05) is 6.08 Å². The van der Waals surface area contributed by atoms with Gasteiger partial charge in [0.2, 0.25) is 5.91 Å².